The molecule has 2 aromatic rings. The lowest BCUT2D eigenvalue weighted by Crippen LogP contribution is -2.48. The monoisotopic (exact) mass is 366 g/mol. The van der Waals surface area contributed by atoms with Gasteiger partial charge in [-0.2, -0.15) is 0 Å². The number of anilines is 1. The molecule has 110 valence electrons. The van der Waals surface area contributed by atoms with Crippen molar-refractivity contribution in [1.29, 1.82) is 0 Å². The number of Topliss-reactive ketones (excluding diaryl/α,β-unsaturated/α-hetero) is 1. The quantitative estimate of drug-likeness (QED) is 0.777. The Morgan fingerprint density at radius 2 is 1.95 bits per heavy atom. The minimum Gasteiger partial charge on any atom is -0.338 e. The molecule has 0 spiro atoms. The Morgan fingerprint density at radius 3 is 2.57 bits per heavy atom. The molecule has 3 rings (SSSR count). The molecule has 1 fully saturated rings. The van der Waals surface area contributed by atoms with Gasteiger partial charge in [-0.3, -0.25) is 9.69 Å². The Kier molecular flexibility index (Phi) is 4.62. The lowest BCUT2D eigenvalue weighted by Gasteiger charge is -2.34. The number of piperazine rings is 1. The van der Waals surface area contributed by atoms with Gasteiger partial charge in [0.25, 0.3) is 0 Å². The van der Waals surface area contributed by atoms with Gasteiger partial charge in [-0.15, -0.1) is 11.3 Å². The first-order valence-electron chi connectivity index (χ1n) is 6.74. The summed E-state index contributed by atoms with van der Waals surface area (Å²) >= 11 is 4.91. The summed E-state index contributed by atoms with van der Waals surface area (Å²) in [6.07, 6.45) is 3.51. The van der Waals surface area contributed by atoms with Gasteiger partial charge in [0, 0.05) is 43.0 Å². The standard InChI is InChI=1S/C14H15BrN4OS/c15-11-2-9-21-13(11)12(20)10-18-5-7-19(8-6-18)14-16-3-1-4-17-14/h1-4,9H,5-8,10H2. The molecule has 0 amide bonds. The maximum absolute atomic E-state index is 12.2. The van der Waals surface area contributed by atoms with Crippen LogP contribution in [0.2, 0.25) is 0 Å². The van der Waals surface area contributed by atoms with Crippen LogP contribution in [0, 0.1) is 0 Å². The van der Waals surface area contributed by atoms with Crippen LogP contribution >= 0.6 is 27.3 Å². The predicted molar refractivity (Wildman–Crippen MR) is 87.0 cm³/mol. The summed E-state index contributed by atoms with van der Waals surface area (Å²) in [7, 11) is 0. The van der Waals surface area contributed by atoms with Crippen molar-refractivity contribution in [2.24, 2.45) is 0 Å². The molecule has 5 nitrogen and oxygen atoms in total. The van der Waals surface area contributed by atoms with Gasteiger partial charge in [0.15, 0.2) is 5.78 Å². The van der Waals surface area contributed by atoms with Crippen LogP contribution < -0.4 is 4.90 Å². The third-order valence-electron chi connectivity index (χ3n) is 3.44. The maximum atomic E-state index is 12.2. The second-order valence-electron chi connectivity index (χ2n) is 4.83. The molecule has 0 atom stereocenters. The Morgan fingerprint density at radius 1 is 1.24 bits per heavy atom. The molecule has 0 unspecified atom stereocenters. The van der Waals surface area contributed by atoms with E-state index in [0.29, 0.717) is 6.54 Å². The van der Waals surface area contributed by atoms with Crippen molar-refractivity contribution < 1.29 is 4.79 Å². The van der Waals surface area contributed by atoms with Gasteiger partial charge < -0.3 is 4.90 Å². The van der Waals surface area contributed by atoms with Gasteiger partial charge in [0.05, 0.1) is 11.4 Å². The zero-order valence-electron chi connectivity index (χ0n) is 11.4. The zero-order valence-corrected chi connectivity index (χ0v) is 13.8. The second kappa shape index (κ2) is 6.64. The van der Waals surface area contributed by atoms with E-state index >= 15 is 0 Å². The molecule has 0 saturated carbocycles. The van der Waals surface area contributed by atoms with Gasteiger partial charge >= 0.3 is 0 Å². The molecule has 1 aliphatic rings. The van der Waals surface area contributed by atoms with E-state index < -0.39 is 0 Å². The van der Waals surface area contributed by atoms with Gasteiger partial charge in [0.2, 0.25) is 5.95 Å². The number of aromatic nitrogens is 2. The van der Waals surface area contributed by atoms with Crippen molar-refractivity contribution in [2.75, 3.05) is 37.6 Å². The fourth-order valence-electron chi connectivity index (χ4n) is 2.33. The minimum absolute atomic E-state index is 0.182. The van der Waals surface area contributed by atoms with Crippen molar-refractivity contribution in [2.45, 2.75) is 0 Å². The smallest absolute Gasteiger partial charge is 0.225 e. The fraction of sp³-hybridized carbons (Fsp3) is 0.357. The average molecular weight is 367 g/mol. The SMILES string of the molecule is O=C(CN1CCN(c2ncccn2)CC1)c1sccc1Br. The summed E-state index contributed by atoms with van der Waals surface area (Å²) in [4.78, 5) is 25.9. The second-order valence-corrected chi connectivity index (χ2v) is 6.60. The number of carbonyl (C=O) groups excluding carboxylic acids is 1. The van der Waals surface area contributed by atoms with Crippen LogP contribution in [0.5, 0.6) is 0 Å². The van der Waals surface area contributed by atoms with Crippen molar-refractivity contribution in [3.05, 3.63) is 39.3 Å². The van der Waals surface area contributed by atoms with E-state index in [1.54, 1.807) is 12.4 Å². The summed E-state index contributed by atoms with van der Waals surface area (Å²) in [5, 5.41) is 1.93. The molecule has 0 N–H and O–H groups in total. The lowest BCUT2D eigenvalue weighted by molar-refractivity contribution is 0.0929. The Labute approximate surface area is 135 Å². The fourth-order valence-corrected chi connectivity index (χ4v) is 3.85. The molecular formula is C14H15BrN4OS. The number of thiophene rings is 1. The highest BCUT2D eigenvalue weighted by molar-refractivity contribution is 9.10. The number of hydrogen-bond acceptors (Lipinski definition) is 6. The van der Waals surface area contributed by atoms with Gasteiger partial charge in [-0.1, -0.05) is 0 Å². The van der Waals surface area contributed by atoms with Crippen LogP contribution in [-0.4, -0.2) is 53.4 Å². The van der Waals surface area contributed by atoms with Gasteiger partial charge in [-0.25, -0.2) is 9.97 Å². The van der Waals surface area contributed by atoms with Crippen LogP contribution in [-0.2, 0) is 0 Å². The molecule has 0 bridgehead atoms. The zero-order chi connectivity index (χ0) is 14.7. The summed E-state index contributed by atoms with van der Waals surface area (Å²) in [5.74, 6) is 0.950. The summed E-state index contributed by atoms with van der Waals surface area (Å²) in [6.45, 7) is 3.88. The van der Waals surface area contributed by atoms with E-state index in [9.17, 15) is 4.79 Å². The van der Waals surface area contributed by atoms with Crippen molar-refractivity contribution in [3.8, 4) is 0 Å². The lowest BCUT2D eigenvalue weighted by atomic mass is 10.2. The normalized spacial score (nSPS) is 16.1. The van der Waals surface area contributed by atoms with Crippen LogP contribution in [0.3, 0.4) is 0 Å². The highest BCUT2D eigenvalue weighted by Gasteiger charge is 2.22. The van der Waals surface area contributed by atoms with E-state index in [2.05, 4.69) is 35.7 Å². The number of rotatable bonds is 4. The summed E-state index contributed by atoms with van der Waals surface area (Å²) in [5.41, 5.74) is 0. The first-order valence-corrected chi connectivity index (χ1v) is 8.42. The maximum Gasteiger partial charge on any atom is 0.225 e. The molecule has 21 heavy (non-hydrogen) atoms. The number of nitrogens with zero attached hydrogens (tertiary/aromatic N) is 4. The van der Waals surface area contributed by atoms with E-state index in [-0.39, 0.29) is 5.78 Å². The molecule has 3 heterocycles. The molecule has 7 heteroatoms. The number of halogens is 1. The van der Waals surface area contributed by atoms with Crippen molar-refractivity contribution in [1.82, 2.24) is 14.9 Å². The van der Waals surface area contributed by atoms with E-state index in [1.165, 1.54) is 11.3 Å². The predicted octanol–water partition coefficient (Wildman–Crippen LogP) is 2.31. The van der Waals surface area contributed by atoms with Gasteiger partial charge in [-0.05, 0) is 33.4 Å². The van der Waals surface area contributed by atoms with Crippen LogP contribution in [0.4, 0.5) is 5.95 Å². The largest absolute Gasteiger partial charge is 0.338 e. The third kappa shape index (κ3) is 3.48. The van der Waals surface area contributed by atoms with Crippen molar-refractivity contribution >= 4 is 39.0 Å². The number of hydrogen-bond donors (Lipinski definition) is 0. The van der Waals surface area contributed by atoms with E-state index in [0.717, 1.165) is 41.5 Å². The number of carbonyl (C=O) groups is 1. The highest BCUT2D eigenvalue weighted by atomic mass is 79.9. The first-order chi connectivity index (χ1) is 10.2. The molecule has 1 saturated heterocycles. The van der Waals surface area contributed by atoms with E-state index in [4.69, 9.17) is 0 Å². The summed E-state index contributed by atoms with van der Waals surface area (Å²) < 4.78 is 0.897. The first kappa shape index (κ1) is 14.6. The molecule has 0 aromatic carbocycles. The molecule has 0 aliphatic carbocycles. The molecular weight excluding hydrogens is 352 g/mol. The van der Waals surface area contributed by atoms with E-state index in [1.807, 2.05) is 17.5 Å². The van der Waals surface area contributed by atoms with Crippen LogP contribution in [0.25, 0.3) is 0 Å². The minimum atomic E-state index is 0.182. The molecule has 0 radical (unpaired) electrons. The summed E-state index contributed by atoms with van der Waals surface area (Å²) in [6, 6.07) is 3.74. The van der Waals surface area contributed by atoms with Crippen LogP contribution in [0.1, 0.15) is 9.67 Å². The highest BCUT2D eigenvalue weighted by Crippen LogP contribution is 2.23. The number of ketones is 1. The van der Waals surface area contributed by atoms with Crippen LogP contribution in [0.15, 0.2) is 34.4 Å². The molecule has 1 aliphatic heterocycles. The molecule has 2 aromatic heterocycles. The third-order valence-corrected chi connectivity index (χ3v) is 5.32. The van der Waals surface area contributed by atoms with Gasteiger partial charge in [0.1, 0.15) is 0 Å². The Bertz CT molecular complexity index is 610. The topological polar surface area (TPSA) is 49.3 Å². The van der Waals surface area contributed by atoms with Crippen molar-refractivity contribution in [3.63, 3.8) is 0 Å². The Hall–Kier alpha value is -1.31. The Balaban J connectivity index is 1.55. The average Bonchev–Trinajstić information content (AvgIpc) is 2.95.